The predicted octanol–water partition coefficient (Wildman–Crippen LogP) is 2.37. The zero-order valence-corrected chi connectivity index (χ0v) is 14.0. The van der Waals surface area contributed by atoms with Crippen LogP contribution in [0.15, 0.2) is 16.5 Å². The summed E-state index contributed by atoms with van der Waals surface area (Å²) in [5.41, 5.74) is -0.265. The molecule has 6 nitrogen and oxygen atoms in total. The van der Waals surface area contributed by atoms with Gasteiger partial charge in [-0.3, -0.25) is 0 Å². The molecule has 120 valence electrons. The van der Waals surface area contributed by atoms with Gasteiger partial charge in [-0.15, -0.1) is 11.3 Å². The number of hydrogen-bond donors (Lipinski definition) is 3. The Labute approximate surface area is 133 Å². The van der Waals surface area contributed by atoms with Crippen molar-refractivity contribution in [2.45, 2.75) is 39.8 Å². The van der Waals surface area contributed by atoms with Gasteiger partial charge < -0.3 is 20.2 Å². The molecule has 2 heterocycles. The Morgan fingerprint density at radius 2 is 2.09 bits per heavy atom. The Kier molecular flexibility index (Phi) is 4.87. The van der Waals surface area contributed by atoms with Crippen molar-refractivity contribution < 1.29 is 14.3 Å². The first kappa shape index (κ1) is 16.5. The lowest BCUT2D eigenvalue weighted by Crippen LogP contribution is -2.43. The van der Waals surface area contributed by atoms with Gasteiger partial charge in [-0.2, -0.15) is 0 Å². The maximum absolute atomic E-state index is 11.8. The van der Waals surface area contributed by atoms with E-state index in [1.165, 1.54) is 0 Å². The molecule has 7 heteroatoms. The molecule has 1 atom stereocenters. The Morgan fingerprint density at radius 1 is 1.36 bits per heavy atom. The van der Waals surface area contributed by atoms with Crippen LogP contribution in [0.25, 0.3) is 0 Å². The fourth-order valence-corrected chi connectivity index (χ4v) is 2.77. The van der Waals surface area contributed by atoms with E-state index in [4.69, 9.17) is 4.42 Å². The van der Waals surface area contributed by atoms with Crippen LogP contribution in [-0.4, -0.2) is 22.7 Å². The zero-order valence-electron chi connectivity index (χ0n) is 13.2. The Morgan fingerprint density at radius 3 is 2.64 bits per heavy atom. The van der Waals surface area contributed by atoms with Crippen LogP contribution in [0.4, 0.5) is 4.79 Å². The van der Waals surface area contributed by atoms with Crippen molar-refractivity contribution in [2.24, 2.45) is 0 Å². The predicted molar refractivity (Wildman–Crippen MR) is 84.8 cm³/mol. The summed E-state index contributed by atoms with van der Waals surface area (Å²) in [7, 11) is 0. The molecule has 3 N–H and O–H groups in total. The van der Waals surface area contributed by atoms with E-state index in [1.54, 1.807) is 37.3 Å². The van der Waals surface area contributed by atoms with Gasteiger partial charge in [0, 0.05) is 4.88 Å². The highest BCUT2D eigenvalue weighted by atomic mass is 32.1. The fraction of sp³-hybridized carbons (Fsp3) is 0.467. The van der Waals surface area contributed by atoms with Crippen LogP contribution in [0.5, 0.6) is 0 Å². The smallest absolute Gasteiger partial charge is 0.315 e. The topological polar surface area (TPSA) is 87.4 Å². The van der Waals surface area contributed by atoms with Crippen molar-refractivity contribution in [3.05, 3.63) is 39.2 Å². The third-order valence-electron chi connectivity index (χ3n) is 3.34. The van der Waals surface area contributed by atoms with Crippen molar-refractivity contribution in [1.29, 1.82) is 0 Å². The second kappa shape index (κ2) is 6.50. The van der Waals surface area contributed by atoms with E-state index >= 15 is 0 Å². The maximum Gasteiger partial charge on any atom is 0.315 e. The van der Waals surface area contributed by atoms with Gasteiger partial charge in [0.25, 0.3) is 0 Å². The second-order valence-electron chi connectivity index (χ2n) is 5.47. The van der Waals surface area contributed by atoms with Gasteiger partial charge in [-0.05, 0) is 39.8 Å². The number of carbonyl (C=O) groups is 1. The van der Waals surface area contributed by atoms with E-state index in [0.717, 1.165) is 15.6 Å². The molecule has 0 aliphatic rings. The molecule has 0 aliphatic carbocycles. The summed E-state index contributed by atoms with van der Waals surface area (Å²) >= 11 is 1.56. The molecule has 0 bridgehead atoms. The highest BCUT2D eigenvalue weighted by Crippen LogP contribution is 2.21. The van der Waals surface area contributed by atoms with E-state index in [-0.39, 0.29) is 12.6 Å². The van der Waals surface area contributed by atoms with E-state index in [2.05, 4.69) is 15.6 Å². The SMILES string of the molecule is Cc1ccc(C(C)(O)CNC(=O)NCc2nc(C)c(C)s2)o1. The molecule has 2 aromatic rings. The first-order valence-corrected chi connectivity index (χ1v) is 7.83. The highest BCUT2D eigenvalue weighted by molar-refractivity contribution is 7.11. The van der Waals surface area contributed by atoms with Crippen LogP contribution in [0, 0.1) is 20.8 Å². The number of nitrogens with one attached hydrogen (secondary N) is 2. The molecule has 0 radical (unpaired) electrons. The van der Waals surface area contributed by atoms with Crippen molar-refractivity contribution >= 4 is 17.4 Å². The Hall–Kier alpha value is -1.86. The van der Waals surface area contributed by atoms with Crippen LogP contribution in [0.3, 0.4) is 0 Å². The zero-order chi connectivity index (χ0) is 16.3. The van der Waals surface area contributed by atoms with Gasteiger partial charge in [-0.1, -0.05) is 0 Å². The van der Waals surface area contributed by atoms with Crippen LogP contribution in [0.1, 0.15) is 34.0 Å². The first-order valence-electron chi connectivity index (χ1n) is 7.02. The van der Waals surface area contributed by atoms with Crippen LogP contribution < -0.4 is 10.6 Å². The lowest BCUT2D eigenvalue weighted by molar-refractivity contribution is 0.0360. The molecule has 2 aromatic heterocycles. The monoisotopic (exact) mass is 323 g/mol. The molecule has 0 saturated heterocycles. The number of furan rings is 1. The molecule has 0 spiro atoms. The number of carbonyl (C=O) groups excluding carboxylic acids is 1. The standard InChI is InChI=1S/C15H21N3O3S/c1-9-5-6-12(21-9)15(4,20)8-17-14(19)16-7-13-18-10(2)11(3)22-13/h5-6,20H,7-8H2,1-4H3,(H2,16,17,19). The molecule has 0 fully saturated rings. The van der Waals surface area contributed by atoms with Crippen molar-refractivity contribution in [2.75, 3.05) is 6.54 Å². The van der Waals surface area contributed by atoms with E-state index in [1.807, 2.05) is 13.8 Å². The average molecular weight is 323 g/mol. The Bertz CT molecular complexity index is 641. The van der Waals surface area contributed by atoms with Crippen molar-refractivity contribution in [3.63, 3.8) is 0 Å². The van der Waals surface area contributed by atoms with Gasteiger partial charge in [-0.25, -0.2) is 9.78 Å². The third kappa shape index (κ3) is 4.08. The molecule has 2 amide bonds. The van der Waals surface area contributed by atoms with Gasteiger partial charge in [0.05, 0.1) is 18.8 Å². The molecule has 0 aromatic carbocycles. The number of aromatic nitrogens is 1. The summed E-state index contributed by atoms with van der Waals surface area (Å²) in [6.07, 6.45) is 0. The van der Waals surface area contributed by atoms with Crippen LogP contribution in [0.2, 0.25) is 0 Å². The lowest BCUT2D eigenvalue weighted by atomic mass is 10.0. The quantitative estimate of drug-likeness (QED) is 0.788. The number of hydrogen-bond acceptors (Lipinski definition) is 5. The number of amides is 2. The van der Waals surface area contributed by atoms with Crippen LogP contribution >= 0.6 is 11.3 Å². The number of aryl methyl sites for hydroxylation is 3. The summed E-state index contributed by atoms with van der Waals surface area (Å²) in [6.45, 7) is 7.77. The maximum atomic E-state index is 11.8. The summed E-state index contributed by atoms with van der Waals surface area (Å²) in [6, 6.07) is 3.13. The summed E-state index contributed by atoms with van der Waals surface area (Å²) in [5.74, 6) is 1.14. The van der Waals surface area contributed by atoms with E-state index in [9.17, 15) is 9.90 Å². The molecule has 2 rings (SSSR count). The minimum atomic E-state index is -1.25. The van der Waals surface area contributed by atoms with Crippen LogP contribution in [-0.2, 0) is 12.1 Å². The second-order valence-corrected chi connectivity index (χ2v) is 6.76. The minimum absolute atomic E-state index is 0.0573. The van der Waals surface area contributed by atoms with Gasteiger partial charge in [0.1, 0.15) is 22.1 Å². The Balaban J connectivity index is 1.82. The largest absolute Gasteiger partial charge is 0.463 e. The van der Waals surface area contributed by atoms with E-state index in [0.29, 0.717) is 18.1 Å². The number of rotatable bonds is 5. The number of nitrogens with zero attached hydrogens (tertiary/aromatic N) is 1. The summed E-state index contributed by atoms with van der Waals surface area (Å²) < 4.78 is 5.40. The minimum Gasteiger partial charge on any atom is -0.463 e. The molecule has 1 unspecified atom stereocenters. The normalized spacial score (nSPS) is 13.7. The van der Waals surface area contributed by atoms with Crippen molar-refractivity contribution in [1.82, 2.24) is 15.6 Å². The van der Waals surface area contributed by atoms with Crippen molar-refractivity contribution in [3.8, 4) is 0 Å². The van der Waals surface area contributed by atoms with Gasteiger partial charge >= 0.3 is 6.03 Å². The van der Waals surface area contributed by atoms with E-state index < -0.39 is 5.60 Å². The molecular formula is C15H21N3O3S. The number of aliphatic hydroxyl groups is 1. The number of urea groups is 1. The third-order valence-corrected chi connectivity index (χ3v) is 4.41. The first-order chi connectivity index (χ1) is 10.3. The average Bonchev–Trinajstić information content (AvgIpc) is 3.02. The number of thiazole rings is 1. The molecule has 22 heavy (non-hydrogen) atoms. The van der Waals surface area contributed by atoms with Gasteiger partial charge in [0.2, 0.25) is 0 Å². The summed E-state index contributed by atoms with van der Waals surface area (Å²) in [5, 5.41) is 16.6. The highest BCUT2D eigenvalue weighted by Gasteiger charge is 2.27. The molecule has 0 aliphatic heterocycles. The van der Waals surface area contributed by atoms with Gasteiger partial charge in [0.15, 0.2) is 0 Å². The fourth-order valence-electron chi connectivity index (χ4n) is 1.90. The lowest BCUT2D eigenvalue weighted by Gasteiger charge is -2.21. The summed E-state index contributed by atoms with van der Waals surface area (Å²) in [4.78, 5) is 17.3. The molecular weight excluding hydrogens is 302 g/mol. The molecule has 0 saturated carbocycles.